The average molecular weight is 344 g/mol. The maximum absolute atomic E-state index is 14.0. The lowest BCUT2D eigenvalue weighted by atomic mass is 10.0. The SMILES string of the molecule is COc1ccc(-c2ocnc2-c2cc(OC)c(N)c(OC)c2)cc1F. The third kappa shape index (κ3) is 2.96. The summed E-state index contributed by atoms with van der Waals surface area (Å²) in [5, 5.41) is 0. The largest absolute Gasteiger partial charge is 0.494 e. The van der Waals surface area contributed by atoms with Crippen molar-refractivity contribution in [1.29, 1.82) is 0 Å². The molecular weight excluding hydrogens is 327 g/mol. The lowest BCUT2D eigenvalue weighted by molar-refractivity contribution is 0.386. The molecule has 1 aromatic heterocycles. The molecule has 0 aliphatic rings. The van der Waals surface area contributed by atoms with Crippen LogP contribution in [0.2, 0.25) is 0 Å². The van der Waals surface area contributed by atoms with Crippen molar-refractivity contribution in [2.45, 2.75) is 0 Å². The van der Waals surface area contributed by atoms with Crippen LogP contribution in [-0.4, -0.2) is 26.3 Å². The highest BCUT2D eigenvalue weighted by molar-refractivity contribution is 5.81. The van der Waals surface area contributed by atoms with Crippen molar-refractivity contribution in [2.24, 2.45) is 0 Å². The van der Waals surface area contributed by atoms with Gasteiger partial charge in [-0.05, 0) is 30.3 Å². The molecule has 0 saturated heterocycles. The third-order valence-corrected chi connectivity index (χ3v) is 3.80. The van der Waals surface area contributed by atoms with Crippen LogP contribution in [0, 0.1) is 5.82 Å². The number of hydrogen-bond donors (Lipinski definition) is 1. The van der Waals surface area contributed by atoms with E-state index in [4.69, 9.17) is 24.4 Å². The number of oxazole rings is 1. The molecular formula is C18H17FN2O4. The van der Waals surface area contributed by atoms with Crippen molar-refractivity contribution < 1.29 is 23.0 Å². The molecule has 0 atom stereocenters. The lowest BCUT2D eigenvalue weighted by Gasteiger charge is -2.12. The third-order valence-electron chi connectivity index (χ3n) is 3.80. The first-order valence-electron chi connectivity index (χ1n) is 7.38. The molecule has 130 valence electrons. The van der Waals surface area contributed by atoms with Gasteiger partial charge in [-0.3, -0.25) is 0 Å². The Morgan fingerprint density at radius 2 is 1.56 bits per heavy atom. The molecule has 0 radical (unpaired) electrons. The summed E-state index contributed by atoms with van der Waals surface area (Å²) in [6.45, 7) is 0. The second kappa shape index (κ2) is 6.72. The van der Waals surface area contributed by atoms with Gasteiger partial charge in [0, 0.05) is 11.1 Å². The van der Waals surface area contributed by atoms with E-state index in [0.29, 0.717) is 39.8 Å². The molecule has 0 aliphatic carbocycles. The Kier molecular flexibility index (Phi) is 4.47. The molecule has 0 bridgehead atoms. The maximum Gasteiger partial charge on any atom is 0.182 e. The number of nitrogen functional groups attached to an aromatic ring is 1. The molecule has 25 heavy (non-hydrogen) atoms. The minimum absolute atomic E-state index is 0.153. The van der Waals surface area contributed by atoms with Crippen LogP contribution in [0.5, 0.6) is 17.2 Å². The van der Waals surface area contributed by atoms with E-state index in [-0.39, 0.29) is 5.75 Å². The molecule has 0 fully saturated rings. The summed E-state index contributed by atoms with van der Waals surface area (Å²) in [5.74, 6) is 0.972. The second-order valence-corrected chi connectivity index (χ2v) is 5.17. The van der Waals surface area contributed by atoms with E-state index in [9.17, 15) is 4.39 Å². The Morgan fingerprint density at radius 3 is 2.12 bits per heavy atom. The van der Waals surface area contributed by atoms with E-state index in [0.717, 1.165) is 0 Å². The summed E-state index contributed by atoms with van der Waals surface area (Å²) in [7, 11) is 4.43. The van der Waals surface area contributed by atoms with E-state index in [1.165, 1.54) is 39.9 Å². The zero-order chi connectivity index (χ0) is 18.0. The lowest BCUT2D eigenvalue weighted by Crippen LogP contribution is -1.98. The Labute approximate surface area is 144 Å². The number of methoxy groups -OCH3 is 3. The van der Waals surface area contributed by atoms with Crippen LogP contribution >= 0.6 is 0 Å². The normalized spacial score (nSPS) is 10.6. The van der Waals surface area contributed by atoms with Crippen LogP contribution in [-0.2, 0) is 0 Å². The number of aromatic nitrogens is 1. The molecule has 0 amide bonds. The molecule has 3 aromatic rings. The monoisotopic (exact) mass is 344 g/mol. The Hall–Kier alpha value is -3.22. The first-order chi connectivity index (χ1) is 12.1. The second-order valence-electron chi connectivity index (χ2n) is 5.17. The van der Waals surface area contributed by atoms with Gasteiger partial charge in [-0.1, -0.05) is 0 Å². The van der Waals surface area contributed by atoms with Gasteiger partial charge in [0.2, 0.25) is 0 Å². The summed E-state index contributed by atoms with van der Waals surface area (Å²) in [5.41, 5.74) is 8.07. The van der Waals surface area contributed by atoms with E-state index in [1.807, 2.05) is 0 Å². The molecule has 6 nitrogen and oxygen atoms in total. The highest BCUT2D eigenvalue weighted by Gasteiger charge is 2.18. The Balaban J connectivity index is 2.13. The van der Waals surface area contributed by atoms with E-state index < -0.39 is 5.82 Å². The predicted octanol–water partition coefficient (Wildman–Crippen LogP) is 3.76. The standard InChI is InChI=1S/C18H17FN2O4/c1-22-13-5-4-10(6-12(13)19)18-17(21-9-25-18)11-7-14(23-2)16(20)15(8-11)24-3/h4-9H,20H2,1-3H3. The van der Waals surface area contributed by atoms with Crippen LogP contribution in [0.1, 0.15) is 0 Å². The molecule has 3 rings (SSSR count). The first kappa shape index (κ1) is 16.6. The number of rotatable bonds is 5. The van der Waals surface area contributed by atoms with E-state index in [2.05, 4.69) is 4.98 Å². The Bertz CT molecular complexity index is 883. The van der Waals surface area contributed by atoms with Crippen molar-refractivity contribution in [3.05, 3.63) is 42.5 Å². The Morgan fingerprint density at radius 1 is 0.920 bits per heavy atom. The van der Waals surface area contributed by atoms with Gasteiger partial charge in [0.05, 0.1) is 21.3 Å². The van der Waals surface area contributed by atoms with Crippen LogP contribution in [0.15, 0.2) is 41.1 Å². The van der Waals surface area contributed by atoms with Gasteiger partial charge in [0.25, 0.3) is 0 Å². The van der Waals surface area contributed by atoms with Crippen molar-refractivity contribution in [3.63, 3.8) is 0 Å². The molecule has 1 heterocycles. The smallest absolute Gasteiger partial charge is 0.182 e. The topological polar surface area (TPSA) is 79.7 Å². The average Bonchev–Trinajstić information content (AvgIpc) is 3.11. The molecule has 7 heteroatoms. The van der Waals surface area contributed by atoms with Gasteiger partial charge >= 0.3 is 0 Å². The first-order valence-corrected chi connectivity index (χ1v) is 7.38. The molecule has 0 spiro atoms. The summed E-state index contributed by atoms with van der Waals surface area (Å²) >= 11 is 0. The number of nitrogens with zero attached hydrogens (tertiary/aromatic N) is 1. The van der Waals surface area contributed by atoms with Crippen molar-refractivity contribution in [1.82, 2.24) is 4.98 Å². The fraction of sp³-hybridized carbons (Fsp3) is 0.167. The van der Waals surface area contributed by atoms with Gasteiger partial charge in [0.1, 0.15) is 22.9 Å². The van der Waals surface area contributed by atoms with Gasteiger partial charge in [-0.25, -0.2) is 9.37 Å². The molecule has 2 aromatic carbocycles. The number of halogens is 1. The minimum atomic E-state index is -0.491. The number of benzene rings is 2. The number of nitrogens with two attached hydrogens (primary N) is 1. The highest BCUT2D eigenvalue weighted by Crippen LogP contribution is 2.40. The summed E-state index contributed by atoms with van der Waals surface area (Å²) < 4.78 is 35.0. The van der Waals surface area contributed by atoms with Crippen molar-refractivity contribution in [2.75, 3.05) is 27.1 Å². The molecule has 0 unspecified atom stereocenters. The summed E-state index contributed by atoms with van der Waals surface area (Å²) in [6, 6.07) is 7.99. The molecule has 2 N–H and O–H groups in total. The molecule has 0 aliphatic heterocycles. The maximum atomic E-state index is 14.0. The van der Waals surface area contributed by atoms with E-state index in [1.54, 1.807) is 18.2 Å². The zero-order valence-electron chi connectivity index (χ0n) is 14.0. The van der Waals surface area contributed by atoms with Gasteiger partial charge < -0.3 is 24.4 Å². The van der Waals surface area contributed by atoms with Gasteiger partial charge in [0.15, 0.2) is 23.7 Å². The van der Waals surface area contributed by atoms with Crippen LogP contribution in [0.25, 0.3) is 22.6 Å². The fourth-order valence-corrected chi connectivity index (χ4v) is 2.54. The quantitative estimate of drug-likeness (QED) is 0.710. The zero-order valence-corrected chi connectivity index (χ0v) is 14.0. The van der Waals surface area contributed by atoms with E-state index >= 15 is 0 Å². The molecule has 0 saturated carbocycles. The summed E-state index contributed by atoms with van der Waals surface area (Å²) in [4.78, 5) is 4.24. The fourth-order valence-electron chi connectivity index (χ4n) is 2.54. The minimum Gasteiger partial charge on any atom is -0.494 e. The van der Waals surface area contributed by atoms with Gasteiger partial charge in [-0.15, -0.1) is 0 Å². The van der Waals surface area contributed by atoms with Crippen LogP contribution in [0.3, 0.4) is 0 Å². The number of hydrogen-bond acceptors (Lipinski definition) is 6. The van der Waals surface area contributed by atoms with Gasteiger partial charge in [-0.2, -0.15) is 0 Å². The van der Waals surface area contributed by atoms with Crippen molar-refractivity contribution in [3.8, 4) is 39.8 Å². The van der Waals surface area contributed by atoms with Crippen LogP contribution < -0.4 is 19.9 Å². The van der Waals surface area contributed by atoms with Crippen molar-refractivity contribution >= 4 is 5.69 Å². The predicted molar refractivity (Wildman–Crippen MR) is 91.4 cm³/mol. The number of anilines is 1. The summed E-state index contributed by atoms with van der Waals surface area (Å²) in [6.07, 6.45) is 1.29. The van der Waals surface area contributed by atoms with Crippen LogP contribution in [0.4, 0.5) is 10.1 Å². The highest BCUT2D eigenvalue weighted by atomic mass is 19.1. The number of ether oxygens (including phenoxy) is 3.